The van der Waals surface area contributed by atoms with Crippen molar-refractivity contribution in [3.05, 3.63) is 53.1 Å². The zero-order valence-corrected chi connectivity index (χ0v) is 19.1. The molecule has 2 aromatic rings. The second-order valence-corrected chi connectivity index (χ2v) is 8.52. The number of amides is 4. The molecule has 10 heteroatoms. The van der Waals surface area contributed by atoms with Gasteiger partial charge in [0.05, 0.1) is 24.3 Å². The number of urea groups is 1. The first-order chi connectivity index (χ1) is 15.9. The number of methoxy groups -OCH3 is 1. The smallest absolute Gasteiger partial charge is 0.314 e. The fourth-order valence-corrected chi connectivity index (χ4v) is 4.52. The van der Waals surface area contributed by atoms with Crippen LogP contribution in [0.1, 0.15) is 22.5 Å². The number of piperazine rings is 1. The first-order valence-corrected chi connectivity index (χ1v) is 11.1. The Bertz CT molecular complexity index is 1040. The molecule has 4 rings (SSSR count). The van der Waals surface area contributed by atoms with Gasteiger partial charge in [0.2, 0.25) is 11.8 Å². The van der Waals surface area contributed by atoms with Crippen molar-refractivity contribution >= 4 is 17.8 Å². The molecule has 3 heterocycles. The number of hydrogen-bond acceptors (Lipinski definition) is 5. The van der Waals surface area contributed by atoms with Crippen LogP contribution < -0.4 is 5.73 Å². The van der Waals surface area contributed by atoms with Crippen LogP contribution in [0.5, 0.6) is 0 Å². The number of fused-ring (bicyclic) bond motifs is 1. The normalized spacial score (nSPS) is 18.2. The summed E-state index contributed by atoms with van der Waals surface area (Å²) in [5.74, 6) is -0.372. The predicted octanol–water partition coefficient (Wildman–Crippen LogP) is 0.362. The first-order valence-electron chi connectivity index (χ1n) is 11.1. The molecule has 0 radical (unpaired) electrons. The molecule has 1 unspecified atom stereocenters. The van der Waals surface area contributed by atoms with E-state index in [1.54, 1.807) is 16.1 Å². The van der Waals surface area contributed by atoms with Crippen molar-refractivity contribution in [2.24, 2.45) is 5.73 Å². The van der Waals surface area contributed by atoms with Gasteiger partial charge in [0.15, 0.2) is 0 Å². The third kappa shape index (κ3) is 4.70. The summed E-state index contributed by atoms with van der Waals surface area (Å²) in [5, 5.41) is 0. The van der Waals surface area contributed by atoms with Gasteiger partial charge in [-0.15, -0.1) is 0 Å². The third-order valence-electron chi connectivity index (χ3n) is 6.49. The summed E-state index contributed by atoms with van der Waals surface area (Å²) in [6, 6.07) is 7.03. The minimum Gasteiger partial charge on any atom is -0.375 e. The molecule has 1 atom stereocenters. The first kappa shape index (κ1) is 22.8. The number of aromatic nitrogens is 2. The predicted molar refractivity (Wildman–Crippen MR) is 120 cm³/mol. The van der Waals surface area contributed by atoms with Crippen molar-refractivity contribution in [1.29, 1.82) is 0 Å². The van der Waals surface area contributed by atoms with Crippen molar-refractivity contribution < 1.29 is 19.1 Å². The van der Waals surface area contributed by atoms with Crippen LogP contribution in [0.2, 0.25) is 0 Å². The number of primary amides is 1. The maximum absolute atomic E-state index is 13.4. The van der Waals surface area contributed by atoms with Crippen molar-refractivity contribution in [1.82, 2.24) is 24.3 Å². The molecule has 10 nitrogen and oxygen atoms in total. The Morgan fingerprint density at radius 2 is 1.82 bits per heavy atom. The van der Waals surface area contributed by atoms with Gasteiger partial charge < -0.3 is 29.7 Å². The Kier molecular flexibility index (Phi) is 6.64. The van der Waals surface area contributed by atoms with E-state index in [-0.39, 0.29) is 18.4 Å². The van der Waals surface area contributed by atoms with E-state index in [1.807, 2.05) is 12.1 Å². The van der Waals surface area contributed by atoms with E-state index in [1.165, 1.54) is 23.1 Å². The maximum atomic E-state index is 13.4. The highest BCUT2D eigenvalue weighted by molar-refractivity contribution is 5.89. The molecule has 1 fully saturated rings. The molecule has 2 aliphatic heterocycles. The third-order valence-corrected chi connectivity index (χ3v) is 6.49. The fraction of sp³-hybridized carbons (Fsp3) is 0.478. The van der Waals surface area contributed by atoms with Crippen LogP contribution in [-0.4, -0.2) is 88.0 Å². The van der Waals surface area contributed by atoms with E-state index in [9.17, 15) is 14.4 Å². The molecule has 1 saturated heterocycles. The Hall–Kier alpha value is -3.40. The van der Waals surface area contributed by atoms with Crippen molar-refractivity contribution in [3.8, 4) is 0 Å². The van der Waals surface area contributed by atoms with Crippen LogP contribution >= 0.6 is 0 Å². The number of hydrogen-bond donors (Lipinski definition) is 1. The zero-order valence-electron chi connectivity index (χ0n) is 19.1. The standard InChI is InChI=1S/C23H30N6O4/c1-16-5-3-4-6-17(16)12-28-15-25-18-11-19(29(13-20(18)28)21(30)14-33-2)22(31)26-7-9-27(10-8-26)23(24)32/h3-6,15,19H,7-14H2,1-2H3,(H2,24,32). The summed E-state index contributed by atoms with van der Waals surface area (Å²) in [6.07, 6.45) is 2.13. The maximum Gasteiger partial charge on any atom is 0.314 e. The van der Waals surface area contributed by atoms with Crippen LogP contribution in [0, 0.1) is 6.92 Å². The van der Waals surface area contributed by atoms with E-state index >= 15 is 0 Å². The number of nitrogens with zero attached hydrogens (tertiary/aromatic N) is 5. The van der Waals surface area contributed by atoms with Gasteiger partial charge in [0.1, 0.15) is 12.6 Å². The molecule has 0 aliphatic carbocycles. The van der Waals surface area contributed by atoms with E-state index in [0.717, 1.165) is 11.4 Å². The van der Waals surface area contributed by atoms with Crippen LogP contribution in [0.15, 0.2) is 30.6 Å². The molecule has 33 heavy (non-hydrogen) atoms. The molecule has 0 saturated carbocycles. The summed E-state index contributed by atoms with van der Waals surface area (Å²) >= 11 is 0. The quantitative estimate of drug-likeness (QED) is 0.701. The van der Waals surface area contributed by atoms with Crippen LogP contribution in [0.3, 0.4) is 0 Å². The number of imidazole rings is 1. The minimum atomic E-state index is -0.651. The molecule has 176 valence electrons. The average Bonchev–Trinajstić information content (AvgIpc) is 3.21. The van der Waals surface area contributed by atoms with Gasteiger partial charge in [-0.3, -0.25) is 9.59 Å². The number of rotatable bonds is 5. The fourth-order valence-electron chi connectivity index (χ4n) is 4.52. The Morgan fingerprint density at radius 3 is 2.48 bits per heavy atom. The molecule has 0 spiro atoms. The van der Waals surface area contributed by atoms with E-state index in [0.29, 0.717) is 45.7 Å². The highest BCUT2D eigenvalue weighted by Gasteiger charge is 2.39. The zero-order chi connectivity index (χ0) is 23.5. The molecule has 2 N–H and O–H groups in total. The monoisotopic (exact) mass is 454 g/mol. The summed E-state index contributed by atoms with van der Waals surface area (Å²) in [6.45, 7) is 4.46. The Balaban J connectivity index is 1.56. The number of nitrogens with two attached hydrogens (primary N) is 1. The highest BCUT2D eigenvalue weighted by Crippen LogP contribution is 2.26. The van der Waals surface area contributed by atoms with Crippen LogP contribution in [-0.2, 0) is 33.8 Å². The number of ether oxygens (including phenoxy) is 1. The largest absolute Gasteiger partial charge is 0.375 e. The van der Waals surface area contributed by atoms with Gasteiger partial charge in [-0.05, 0) is 18.1 Å². The summed E-state index contributed by atoms with van der Waals surface area (Å²) < 4.78 is 7.14. The molecule has 4 amide bonds. The average molecular weight is 455 g/mol. The SMILES string of the molecule is COCC(=O)N1Cc2c(ncn2Cc2ccccc2C)CC1C(=O)N1CCN(C(N)=O)CC1. The molecule has 1 aromatic heterocycles. The summed E-state index contributed by atoms with van der Waals surface area (Å²) in [5.41, 5.74) is 9.49. The van der Waals surface area contributed by atoms with Crippen LogP contribution in [0.25, 0.3) is 0 Å². The lowest BCUT2D eigenvalue weighted by Gasteiger charge is -2.40. The summed E-state index contributed by atoms with van der Waals surface area (Å²) in [7, 11) is 1.47. The molecule has 2 aliphatic rings. The van der Waals surface area contributed by atoms with Gasteiger partial charge in [-0.2, -0.15) is 0 Å². The summed E-state index contributed by atoms with van der Waals surface area (Å²) in [4.78, 5) is 47.2. The van der Waals surface area contributed by atoms with E-state index in [4.69, 9.17) is 10.5 Å². The number of aryl methyl sites for hydroxylation is 1. The minimum absolute atomic E-state index is 0.0967. The lowest BCUT2D eigenvalue weighted by molar-refractivity contribution is -0.150. The van der Waals surface area contributed by atoms with E-state index < -0.39 is 12.1 Å². The van der Waals surface area contributed by atoms with Gasteiger partial charge in [0.25, 0.3) is 0 Å². The van der Waals surface area contributed by atoms with E-state index in [2.05, 4.69) is 28.6 Å². The number of benzene rings is 1. The second kappa shape index (κ2) is 9.62. The van der Waals surface area contributed by atoms with Crippen LogP contribution in [0.4, 0.5) is 4.79 Å². The lowest BCUT2D eigenvalue weighted by atomic mass is 10.00. The molecule has 0 bridgehead atoms. The van der Waals surface area contributed by atoms with Gasteiger partial charge in [-0.25, -0.2) is 9.78 Å². The van der Waals surface area contributed by atoms with Crippen molar-refractivity contribution in [2.45, 2.75) is 32.5 Å². The number of carbonyl (C=O) groups is 3. The van der Waals surface area contributed by atoms with Gasteiger partial charge >= 0.3 is 6.03 Å². The topological polar surface area (TPSA) is 114 Å². The highest BCUT2D eigenvalue weighted by atomic mass is 16.5. The van der Waals surface area contributed by atoms with Crippen molar-refractivity contribution in [2.75, 3.05) is 39.9 Å². The lowest BCUT2D eigenvalue weighted by Crippen LogP contribution is -2.59. The molecular formula is C23H30N6O4. The Labute approximate surface area is 192 Å². The second-order valence-electron chi connectivity index (χ2n) is 8.52. The van der Waals surface area contributed by atoms with Gasteiger partial charge in [0, 0.05) is 46.3 Å². The number of carbonyl (C=O) groups excluding carboxylic acids is 3. The van der Waals surface area contributed by atoms with Crippen molar-refractivity contribution in [3.63, 3.8) is 0 Å². The Morgan fingerprint density at radius 1 is 1.12 bits per heavy atom. The molecule has 1 aromatic carbocycles. The molecular weight excluding hydrogens is 424 g/mol. The van der Waals surface area contributed by atoms with Gasteiger partial charge in [-0.1, -0.05) is 24.3 Å².